The van der Waals surface area contributed by atoms with Crippen molar-refractivity contribution in [3.8, 4) is 0 Å². The van der Waals surface area contributed by atoms with E-state index in [0.717, 1.165) is 12.1 Å². The van der Waals surface area contributed by atoms with Gasteiger partial charge in [-0.15, -0.1) is 0 Å². The van der Waals surface area contributed by atoms with E-state index in [1.165, 1.54) is 0 Å². The number of nitrogens with one attached hydrogen (secondary N) is 1. The van der Waals surface area contributed by atoms with Gasteiger partial charge in [-0.1, -0.05) is 37.6 Å². The van der Waals surface area contributed by atoms with Crippen molar-refractivity contribution in [1.29, 1.82) is 0 Å². The van der Waals surface area contributed by atoms with Crippen molar-refractivity contribution in [2.24, 2.45) is 5.92 Å². The van der Waals surface area contributed by atoms with Gasteiger partial charge < -0.3 is 10.2 Å². The normalized spacial score (nSPS) is 13.9. The molecule has 0 fully saturated rings. The van der Waals surface area contributed by atoms with Gasteiger partial charge >= 0.3 is 0 Å². The van der Waals surface area contributed by atoms with Crippen molar-refractivity contribution in [3.05, 3.63) is 34.9 Å². The van der Waals surface area contributed by atoms with E-state index in [1.54, 1.807) is 4.90 Å². The van der Waals surface area contributed by atoms with E-state index < -0.39 is 0 Å². The minimum atomic E-state index is -0.0142. The number of hydrogen-bond donors (Lipinski definition) is 1. The maximum Gasteiger partial charge on any atom is 0.226 e. The van der Waals surface area contributed by atoms with E-state index in [-0.39, 0.29) is 17.9 Å². The van der Waals surface area contributed by atoms with Crippen molar-refractivity contribution in [3.63, 3.8) is 0 Å². The van der Waals surface area contributed by atoms with Gasteiger partial charge in [-0.25, -0.2) is 0 Å². The topological polar surface area (TPSA) is 32.3 Å². The summed E-state index contributed by atoms with van der Waals surface area (Å²) in [4.78, 5) is 14.1. The molecule has 2 atom stereocenters. The molecule has 1 aromatic carbocycles. The van der Waals surface area contributed by atoms with Gasteiger partial charge in [0.15, 0.2) is 0 Å². The van der Waals surface area contributed by atoms with Gasteiger partial charge in [0.05, 0.1) is 6.04 Å². The fourth-order valence-electron chi connectivity index (χ4n) is 1.95. The molecule has 3 nitrogen and oxygen atoms in total. The van der Waals surface area contributed by atoms with E-state index in [0.29, 0.717) is 11.6 Å². The predicted octanol–water partition coefficient (Wildman–Crippen LogP) is 3.11. The Morgan fingerprint density at radius 2 is 1.89 bits per heavy atom. The standard InChI is InChI=1S/C15H23ClN2O/c1-5-17-10-11(2)15(19)18(4)12(3)13-6-8-14(16)9-7-13/h6-9,11-12,17H,5,10H2,1-4H3. The van der Waals surface area contributed by atoms with Crippen LogP contribution in [0.5, 0.6) is 0 Å². The van der Waals surface area contributed by atoms with Crippen LogP contribution in [-0.4, -0.2) is 30.9 Å². The number of carbonyl (C=O) groups excluding carboxylic acids is 1. The lowest BCUT2D eigenvalue weighted by Gasteiger charge is -2.28. The number of amides is 1. The third-order valence-electron chi connectivity index (χ3n) is 3.40. The highest BCUT2D eigenvalue weighted by Crippen LogP contribution is 2.22. The second kappa shape index (κ2) is 7.51. The lowest BCUT2D eigenvalue weighted by atomic mass is 10.0. The molecule has 1 rings (SSSR count). The van der Waals surface area contributed by atoms with Gasteiger partial charge in [0.1, 0.15) is 0 Å². The largest absolute Gasteiger partial charge is 0.339 e. The van der Waals surface area contributed by atoms with Gasteiger partial charge in [0, 0.05) is 24.5 Å². The van der Waals surface area contributed by atoms with Gasteiger partial charge in [-0.2, -0.15) is 0 Å². The van der Waals surface area contributed by atoms with Crippen LogP contribution >= 0.6 is 11.6 Å². The van der Waals surface area contributed by atoms with Gasteiger partial charge in [-0.05, 0) is 31.2 Å². The van der Waals surface area contributed by atoms with E-state index in [4.69, 9.17) is 11.6 Å². The Bertz CT molecular complexity index is 405. The number of rotatable bonds is 6. The zero-order valence-electron chi connectivity index (χ0n) is 12.1. The lowest BCUT2D eigenvalue weighted by molar-refractivity contribution is -0.135. The highest BCUT2D eigenvalue weighted by molar-refractivity contribution is 6.30. The fraction of sp³-hybridized carbons (Fsp3) is 0.533. The lowest BCUT2D eigenvalue weighted by Crippen LogP contribution is -2.38. The van der Waals surface area contributed by atoms with Crippen molar-refractivity contribution in [2.75, 3.05) is 20.1 Å². The monoisotopic (exact) mass is 282 g/mol. The first-order valence-electron chi connectivity index (χ1n) is 6.70. The second-order valence-electron chi connectivity index (χ2n) is 4.89. The Labute approximate surface area is 120 Å². The average molecular weight is 283 g/mol. The Morgan fingerprint density at radius 3 is 2.42 bits per heavy atom. The predicted molar refractivity (Wildman–Crippen MR) is 80.3 cm³/mol. The molecule has 0 heterocycles. The maximum atomic E-state index is 12.3. The number of nitrogens with zero attached hydrogens (tertiary/aromatic N) is 1. The summed E-state index contributed by atoms with van der Waals surface area (Å²) < 4.78 is 0. The third-order valence-corrected chi connectivity index (χ3v) is 3.66. The van der Waals surface area contributed by atoms with Crippen LogP contribution in [0.1, 0.15) is 32.4 Å². The molecule has 1 amide bonds. The van der Waals surface area contributed by atoms with Gasteiger partial charge in [0.2, 0.25) is 5.91 Å². The molecule has 0 saturated heterocycles. The van der Waals surface area contributed by atoms with Crippen LogP contribution in [0.3, 0.4) is 0 Å². The summed E-state index contributed by atoms with van der Waals surface area (Å²) in [5, 5.41) is 3.92. The first-order valence-corrected chi connectivity index (χ1v) is 7.08. The Kier molecular flexibility index (Phi) is 6.32. The van der Waals surface area contributed by atoms with Crippen molar-refractivity contribution < 1.29 is 4.79 Å². The quantitative estimate of drug-likeness (QED) is 0.869. The molecule has 1 N–H and O–H groups in total. The summed E-state index contributed by atoms with van der Waals surface area (Å²) >= 11 is 5.88. The minimum Gasteiger partial charge on any atom is -0.339 e. The second-order valence-corrected chi connectivity index (χ2v) is 5.32. The van der Waals surface area contributed by atoms with Crippen LogP contribution < -0.4 is 5.32 Å². The smallest absolute Gasteiger partial charge is 0.226 e. The first-order chi connectivity index (χ1) is 8.97. The molecule has 0 aliphatic heterocycles. The van der Waals surface area contributed by atoms with E-state index >= 15 is 0 Å². The third kappa shape index (κ3) is 4.51. The van der Waals surface area contributed by atoms with Crippen LogP contribution in [0.4, 0.5) is 0 Å². The van der Waals surface area contributed by atoms with Crippen molar-refractivity contribution in [2.45, 2.75) is 26.8 Å². The summed E-state index contributed by atoms with van der Waals surface area (Å²) in [6.07, 6.45) is 0. The molecule has 2 unspecified atom stereocenters. The number of halogens is 1. The zero-order chi connectivity index (χ0) is 14.4. The molecule has 106 valence electrons. The molecule has 0 radical (unpaired) electrons. The van der Waals surface area contributed by atoms with Crippen LogP contribution in [0.25, 0.3) is 0 Å². The number of benzene rings is 1. The molecule has 0 saturated carbocycles. The molecule has 0 aromatic heterocycles. The van der Waals surface area contributed by atoms with E-state index in [1.807, 2.05) is 52.1 Å². The van der Waals surface area contributed by atoms with Gasteiger partial charge in [0.25, 0.3) is 0 Å². The first kappa shape index (κ1) is 16.0. The highest BCUT2D eigenvalue weighted by Gasteiger charge is 2.22. The molecule has 0 bridgehead atoms. The van der Waals surface area contributed by atoms with Crippen LogP contribution in [-0.2, 0) is 4.79 Å². The molecule has 19 heavy (non-hydrogen) atoms. The Hall–Kier alpha value is -1.06. The van der Waals surface area contributed by atoms with E-state index in [9.17, 15) is 4.79 Å². The van der Waals surface area contributed by atoms with E-state index in [2.05, 4.69) is 5.32 Å². The average Bonchev–Trinajstić information content (AvgIpc) is 2.43. The summed E-state index contributed by atoms with van der Waals surface area (Å²) in [7, 11) is 1.85. The Morgan fingerprint density at radius 1 is 1.32 bits per heavy atom. The van der Waals surface area contributed by atoms with Crippen molar-refractivity contribution in [1.82, 2.24) is 10.2 Å². The zero-order valence-corrected chi connectivity index (χ0v) is 12.9. The summed E-state index contributed by atoms with van der Waals surface area (Å²) in [5.74, 6) is 0.142. The van der Waals surface area contributed by atoms with Crippen LogP contribution in [0.15, 0.2) is 24.3 Å². The maximum absolute atomic E-state index is 12.3. The molecular weight excluding hydrogens is 260 g/mol. The molecule has 0 aliphatic rings. The molecule has 4 heteroatoms. The summed E-state index contributed by atoms with van der Waals surface area (Å²) in [5.41, 5.74) is 1.09. The number of hydrogen-bond acceptors (Lipinski definition) is 2. The number of carbonyl (C=O) groups is 1. The molecule has 1 aromatic rings. The van der Waals surface area contributed by atoms with Gasteiger partial charge in [-0.3, -0.25) is 4.79 Å². The summed E-state index contributed by atoms with van der Waals surface area (Å²) in [6, 6.07) is 7.69. The van der Waals surface area contributed by atoms with Crippen molar-refractivity contribution >= 4 is 17.5 Å². The highest BCUT2D eigenvalue weighted by atomic mass is 35.5. The SMILES string of the molecule is CCNCC(C)C(=O)N(C)C(C)c1ccc(Cl)cc1. The minimum absolute atomic E-state index is 0.0142. The summed E-state index contributed by atoms with van der Waals surface area (Å²) in [6.45, 7) is 7.62. The fourth-order valence-corrected chi connectivity index (χ4v) is 2.08. The molecule has 0 spiro atoms. The van der Waals surface area contributed by atoms with Crippen LogP contribution in [0, 0.1) is 5.92 Å². The van der Waals surface area contributed by atoms with Crippen LogP contribution in [0.2, 0.25) is 5.02 Å². The molecular formula is C15H23ClN2O. The Balaban J connectivity index is 2.67. The molecule has 0 aliphatic carbocycles.